The average Bonchev–Trinajstić information content (AvgIpc) is 3.16. The second-order valence-electron chi connectivity index (χ2n) is 6.17. The molecule has 1 unspecified atom stereocenters. The molecule has 126 valence electrons. The van der Waals surface area contributed by atoms with Crippen LogP contribution < -0.4 is 0 Å². The number of carbonyl (C=O) groups excluding carboxylic acids is 1. The van der Waals surface area contributed by atoms with Gasteiger partial charge in [-0.2, -0.15) is 0 Å². The number of halogens is 1. The van der Waals surface area contributed by atoms with Crippen LogP contribution in [-0.2, 0) is 20.7 Å². The number of aliphatic carboxylic acids is 1. The summed E-state index contributed by atoms with van der Waals surface area (Å²) in [7, 11) is 0. The third-order valence-electron chi connectivity index (χ3n) is 4.76. The first kappa shape index (κ1) is 16.7. The summed E-state index contributed by atoms with van der Waals surface area (Å²) in [5.74, 6) is -0.806. The topological polar surface area (TPSA) is 66.8 Å². The van der Waals surface area contributed by atoms with E-state index in [9.17, 15) is 14.7 Å². The minimum atomic E-state index is -0.763. The Morgan fingerprint density at radius 1 is 1.30 bits per heavy atom. The van der Waals surface area contributed by atoms with E-state index in [2.05, 4.69) is 0 Å². The molecule has 0 saturated carbocycles. The van der Waals surface area contributed by atoms with E-state index in [0.29, 0.717) is 36.9 Å². The lowest BCUT2D eigenvalue weighted by Gasteiger charge is -2.35. The highest BCUT2D eigenvalue weighted by molar-refractivity contribution is 7.16. The fraction of sp³-hybridized carbons (Fsp3) is 0.625. The molecular formula is C16H20ClNO4S. The molecule has 2 saturated heterocycles. The van der Waals surface area contributed by atoms with Gasteiger partial charge in [0.25, 0.3) is 0 Å². The molecule has 7 heteroatoms. The first-order valence-electron chi connectivity index (χ1n) is 7.91. The molecule has 3 heterocycles. The van der Waals surface area contributed by atoms with Crippen molar-refractivity contribution in [2.75, 3.05) is 19.7 Å². The van der Waals surface area contributed by atoms with Gasteiger partial charge in [-0.15, -0.1) is 11.3 Å². The van der Waals surface area contributed by atoms with Gasteiger partial charge in [0.2, 0.25) is 5.91 Å². The Balaban J connectivity index is 1.52. The molecule has 2 fully saturated rings. The molecule has 3 rings (SSSR count). The Labute approximate surface area is 144 Å². The number of piperidine rings is 1. The first-order valence-corrected chi connectivity index (χ1v) is 9.10. The number of hydrogen-bond donors (Lipinski definition) is 1. The summed E-state index contributed by atoms with van der Waals surface area (Å²) in [6.07, 6.45) is 2.41. The van der Waals surface area contributed by atoms with Crippen LogP contribution in [0.3, 0.4) is 0 Å². The smallest absolute Gasteiger partial charge is 0.309 e. The summed E-state index contributed by atoms with van der Waals surface area (Å²) < 4.78 is 6.36. The molecule has 0 aliphatic carbocycles. The van der Waals surface area contributed by atoms with Crippen molar-refractivity contribution in [3.8, 4) is 0 Å². The number of likely N-dealkylation sites (tertiary alicyclic amines) is 1. The van der Waals surface area contributed by atoms with Crippen molar-refractivity contribution in [3.05, 3.63) is 21.3 Å². The highest BCUT2D eigenvalue weighted by Gasteiger charge is 2.40. The van der Waals surface area contributed by atoms with Gasteiger partial charge in [-0.1, -0.05) is 11.6 Å². The molecule has 0 spiro atoms. The summed E-state index contributed by atoms with van der Waals surface area (Å²) in [5.41, 5.74) is 0. The molecule has 1 amide bonds. The molecule has 1 aromatic heterocycles. The highest BCUT2D eigenvalue weighted by Crippen LogP contribution is 2.33. The number of carboxylic acid groups (broad SMARTS) is 1. The molecule has 0 bridgehead atoms. The number of thiophene rings is 1. The van der Waals surface area contributed by atoms with Crippen LogP contribution in [0.25, 0.3) is 0 Å². The van der Waals surface area contributed by atoms with Gasteiger partial charge in [0.05, 0.1) is 22.8 Å². The summed E-state index contributed by atoms with van der Waals surface area (Å²) in [5, 5.41) is 9.27. The number of nitrogens with zero attached hydrogens (tertiary/aromatic N) is 1. The maximum Gasteiger partial charge on any atom is 0.309 e. The highest BCUT2D eigenvalue weighted by atomic mass is 35.5. The van der Waals surface area contributed by atoms with Crippen molar-refractivity contribution >= 4 is 34.8 Å². The number of hydrogen-bond acceptors (Lipinski definition) is 4. The second kappa shape index (κ2) is 7.20. The van der Waals surface area contributed by atoms with E-state index in [1.165, 1.54) is 11.3 Å². The Morgan fingerprint density at radius 3 is 2.65 bits per heavy atom. The lowest BCUT2D eigenvalue weighted by molar-refractivity contribution is -0.145. The van der Waals surface area contributed by atoms with Crippen molar-refractivity contribution < 1.29 is 19.4 Å². The van der Waals surface area contributed by atoms with E-state index < -0.39 is 11.9 Å². The van der Waals surface area contributed by atoms with Crippen molar-refractivity contribution in [3.63, 3.8) is 0 Å². The van der Waals surface area contributed by atoms with Crippen LogP contribution in [0.1, 0.15) is 24.1 Å². The Kier molecular flexibility index (Phi) is 5.24. The predicted octanol–water partition coefficient (Wildman–Crippen LogP) is 2.67. The normalized spacial score (nSPS) is 25.7. The van der Waals surface area contributed by atoms with Gasteiger partial charge in [-0.3, -0.25) is 9.59 Å². The monoisotopic (exact) mass is 357 g/mol. The third kappa shape index (κ3) is 3.87. The van der Waals surface area contributed by atoms with Gasteiger partial charge in [0.15, 0.2) is 0 Å². The van der Waals surface area contributed by atoms with Crippen LogP contribution in [0.15, 0.2) is 12.1 Å². The van der Waals surface area contributed by atoms with Gasteiger partial charge >= 0.3 is 5.97 Å². The Bertz CT molecular complexity index is 582. The second-order valence-corrected chi connectivity index (χ2v) is 7.97. The van der Waals surface area contributed by atoms with E-state index in [-0.39, 0.29) is 17.9 Å². The van der Waals surface area contributed by atoms with E-state index in [1.807, 2.05) is 17.0 Å². The van der Waals surface area contributed by atoms with Crippen LogP contribution in [-0.4, -0.2) is 47.7 Å². The molecule has 0 radical (unpaired) electrons. The van der Waals surface area contributed by atoms with Crippen molar-refractivity contribution in [2.24, 2.45) is 11.8 Å². The molecule has 23 heavy (non-hydrogen) atoms. The van der Waals surface area contributed by atoms with Crippen molar-refractivity contribution in [1.82, 2.24) is 4.90 Å². The van der Waals surface area contributed by atoms with Crippen LogP contribution >= 0.6 is 22.9 Å². The SMILES string of the molecule is O=C(O)C1CCO[C@H]1C1CCN(C(=O)Cc2ccc(Cl)s2)CC1. The minimum Gasteiger partial charge on any atom is -0.481 e. The minimum absolute atomic E-state index is 0.115. The molecule has 0 aromatic carbocycles. The predicted molar refractivity (Wildman–Crippen MR) is 87.8 cm³/mol. The lowest BCUT2D eigenvalue weighted by Crippen LogP contribution is -2.43. The molecule has 1 aromatic rings. The molecular weight excluding hydrogens is 338 g/mol. The lowest BCUT2D eigenvalue weighted by atomic mass is 9.84. The van der Waals surface area contributed by atoms with Gasteiger partial charge in [-0.05, 0) is 37.3 Å². The number of carboxylic acids is 1. The first-order chi connectivity index (χ1) is 11.0. The van der Waals surface area contributed by atoms with Crippen LogP contribution in [0.2, 0.25) is 4.34 Å². The summed E-state index contributed by atoms with van der Waals surface area (Å²) >= 11 is 7.33. The van der Waals surface area contributed by atoms with Crippen molar-refractivity contribution in [2.45, 2.75) is 31.8 Å². The Hall–Kier alpha value is -1.11. The largest absolute Gasteiger partial charge is 0.481 e. The van der Waals surface area contributed by atoms with Gasteiger partial charge in [0, 0.05) is 24.6 Å². The van der Waals surface area contributed by atoms with Crippen LogP contribution in [0.5, 0.6) is 0 Å². The van der Waals surface area contributed by atoms with Gasteiger partial charge in [0.1, 0.15) is 0 Å². The fourth-order valence-corrected chi connectivity index (χ4v) is 4.60. The summed E-state index contributed by atoms with van der Waals surface area (Å²) in [6, 6.07) is 3.70. The zero-order chi connectivity index (χ0) is 16.4. The van der Waals surface area contributed by atoms with E-state index >= 15 is 0 Å². The average molecular weight is 358 g/mol. The maximum atomic E-state index is 12.3. The zero-order valence-electron chi connectivity index (χ0n) is 12.7. The van der Waals surface area contributed by atoms with Crippen LogP contribution in [0, 0.1) is 11.8 Å². The molecule has 5 nitrogen and oxygen atoms in total. The molecule has 2 aliphatic heterocycles. The summed E-state index contributed by atoms with van der Waals surface area (Å²) in [6.45, 7) is 1.88. The molecule has 2 atom stereocenters. The maximum absolute atomic E-state index is 12.3. The molecule has 2 aliphatic rings. The third-order valence-corrected chi connectivity index (χ3v) is 6.00. The molecule has 1 N–H and O–H groups in total. The fourth-order valence-electron chi connectivity index (χ4n) is 3.53. The quantitative estimate of drug-likeness (QED) is 0.899. The van der Waals surface area contributed by atoms with Crippen molar-refractivity contribution in [1.29, 1.82) is 0 Å². The number of amides is 1. The Morgan fingerprint density at radius 2 is 2.04 bits per heavy atom. The summed E-state index contributed by atoms with van der Waals surface area (Å²) in [4.78, 5) is 26.5. The van der Waals surface area contributed by atoms with Gasteiger partial charge < -0.3 is 14.7 Å². The van der Waals surface area contributed by atoms with E-state index in [4.69, 9.17) is 16.3 Å². The number of ether oxygens (including phenoxy) is 1. The van der Waals surface area contributed by atoms with E-state index in [1.54, 1.807) is 0 Å². The number of carbonyl (C=O) groups is 2. The van der Waals surface area contributed by atoms with Crippen LogP contribution in [0.4, 0.5) is 0 Å². The van der Waals surface area contributed by atoms with Gasteiger partial charge in [-0.25, -0.2) is 0 Å². The standard InChI is InChI=1S/C16H20ClNO4S/c17-13-2-1-11(23-13)9-14(19)18-6-3-10(4-7-18)15-12(16(20)21)5-8-22-15/h1-2,10,12,15H,3-9H2,(H,20,21)/t12?,15-/m0/s1. The zero-order valence-corrected chi connectivity index (χ0v) is 14.3. The van der Waals surface area contributed by atoms with E-state index in [0.717, 1.165) is 17.7 Å². The number of rotatable bonds is 4.